The van der Waals surface area contributed by atoms with Gasteiger partial charge in [-0.15, -0.1) is 0 Å². The second-order valence-corrected chi connectivity index (χ2v) is 5.00. The second-order valence-electron chi connectivity index (χ2n) is 5.00. The summed E-state index contributed by atoms with van der Waals surface area (Å²) in [6.45, 7) is 1.75. The zero-order valence-electron chi connectivity index (χ0n) is 11.8. The number of ether oxygens (including phenoxy) is 1. The van der Waals surface area contributed by atoms with Crippen molar-refractivity contribution in [3.63, 3.8) is 0 Å². The molecule has 0 aliphatic heterocycles. The second kappa shape index (κ2) is 6.91. The monoisotopic (exact) mass is 305 g/mol. The molecule has 1 rings (SSSR count). The van der Waals surface area contributed by atoms with Crippen molar-refractivity contribution in [2.45, 2.75) is 25.1 Å². The molecule has 0 aliphatic rings. The summed E-state index contributed by atoms with van der Waals surface area (Å²) < 4.78 is 42.5. The minimum atomic E-state index is -4.50. The Morgan fingerprint density at radius 3 is 2.62 bits per heavy atom. The molecule has 0 heterocycles. The number of carbonyl (C=O) groups is 1. The fourth-order valence-electron chi connectivity index (χ4n) is 1.62. The Balaban J connectivity index is 2.68. The molecule has 0 spiro atoms. The molecule has 0 aromatic heterocycles. The number of amides is 1. The van der Waals surface area contributed by atoms with Gasteiger partial charge in [-0.1, -0.05) is 6.07 Å². The maximum absolute atomic E-state index is 12.6. The van der Waals surface area contributed by atoms with Gasteiger partial charge in [0.05, 0.1) is 11.2 Å². The van der Waals surface area contributed by atoms with Crippen LogP contribution < -0.4 is 5.32 Å². The molecule has 1 atom stereocenters. The SMILES string of the molecule is COCCC(C)(O)CNC(=O)c1cccc(C(F)(F)F)c1. The molecule has 1 amide bonds. The fraction of sp³-hybridized carbons (Fsp3) is 0.500. The van der Waals surface area contributed by atoms with Crippen molar-refractivity contribution in [1.29, 1.82) is 0 Å². The van der Waals surface area contributed by atoms with Crippen LogP contribution in [0, 0.1) is 0 Å². The predicted octanol–water partition coefficient (Wildman–Crippen LogP) is 2.22. The number of alkyl halides is 3. The van der Waals surface area contributed by atoms with Crippen molar-refractivity contribution in [1.82, 2.24) is 5.32 Å². The molecule has 0 saturated carbocycles. The summed E-state index contributed by atoms with van der Waals surface area (Å²) in [4.78, 5) is 11.8. The lowest BCUT2D eigenvalue weighted by Crippen LogP contribution is -2.41. The summed E-state index contributed by atoms with van der Waals surface area (Å²) in [5.41, 5.74) is -2.18. The first-order chi connectivity index (χ1) is 9.65. The summed E-state index contributed by atoms with van der Waals surface area (Å²) in [6, 6.07) is 4.12. The lowest BCUT2D eigenvalue weighted by molar-refractivity contribution is -0.137. The van der Waals surface area contributed by atoms with Crippen LogP contribution in [0.15, 0.2) is 24.3 Å². The molecule has 118 valence electrons. The zero-order valence-corrected chi connectivity index (χ0v) is 11.8. The predicted molar refractivity (Wildman–Crippen MR) is 70.9 cm³/mol. The maximum atomic E-state index is 12.6. The maximum Gasteiger partial charge on any atom is 0.416 e. The van der Waals surface area contributed by atoms with E-state index in [1.807, 2.05) is 0 Å². The van der Waals surface area contributed by atoms with E-state index in [4.69, 9.17) is 4.74 Å². The largest absolute Gasteiger partial charge is 0.416 e. The van der Waals surface area contributed by atoms with E-state index in [-0.39, 0.29) is 12.1 Å². The minimum Gasteiger partial charge on any atom is -0.388 e. The van der Waals surface area contributed by atoms with E-state index < -0.39 is 23.2 Å². The molecule has 1 aromatic carbocycles. The molecular formula is C14H18F3NO3. The first kappa shape index (κ1) is 17.5. The van der Waals surface area contributed by atoms with Crippen LogP contribution in [0.4, 0.5) is 13.2 Å². The van der Waals surface area contributed by atoms with Crippen LogP contribution in [0.25, 0.3) is 0 Å². The molecule has 0 aliphatic carbocycles. The highest BCUT2D eigenvalue weighted by atomic mass is 19.4. The van der Waals surface area contributed by atoms with Gasteiger partial charge in [-0.05, 0) is 25.1 Å². The Kier molecular flexibility index (Phi) is 5.74. The highest BCUT2D eigenvalue weighted by Crippen LogP contribution is 2.29. The first-order valence-electron chi connectivity index (χ1n) is 6.32. The third-order valence-electron chi connectivity index (χ3n) is 2.93. The zero-order chi connectivity index (χ0) is 16.1. The Labute approximate surface area is 120 Å². The van der Waals surface area contributed by atoms with Gasteiger partial charge in [0, 0.05) is 32.2 Å². The number of benzene rings is 1. The Hall–Kier alpha value is -1.60. The molecule has 1 unspecified atom stereocenters. The van der Waals surface area contributed by atoms with Crippen molar-refractivity contribution in [3.05, 3.63) is 35.4 Å². The third kappa shape index (κ3) is 5.73. The quantitative estimate of drug-likeness (QED) is 0.847. The number of carbonyl (C=O) groups excluding carboxylic acids is 1. The third-order valence-corrected chi connectivity index (χ3v) is 2.93. The average molecular weight is 305 g/mol. The van der Waals surface area contributed by atoms with Crippen LogP contribution in [-0.4, -0.2) is 36.9 Å². The van der Waals surface area contributed by atoms with Gasteiger partial charge in [-0.25, -0.2) is 0 Å². The van der Waals surface area contributed by atoms with Crippen LogP contribution in [0.1, 0.15) is 29.3 Å². The lowest BCUT2D eigenvalue weighted by Gasteiger charge is -2.23. The van der Waals surface area contributed by atoms with Crippen molar-refractivity contribution in [2.24, 2.45) is 0 Å². The van der Waals surface area contributed by atoms with E-state index in [2.05, 4.69) is 5.32 Å². The van der Waals surface area contributed by atoms with E-state index >= 15 is 0 Å². The normalized spacial score (nSPS) is 14.6. The molecule has 2 N–H and O–H groups in total. The summed E-state index contributed by atoms with van der Waals surface area (Å²) in [5.74, 6) is -0.668. The number of halogens is 3. The minimum absolute atomic E-state index is 0.0779. The molecule has 21 heavy (non-hydrogen) atoms. The van der Waals surface area contributed by atoms with Gasteiger partial charge in [0.15, 0.2) is 0 Å². The first-order valence-corrected chi connectivity index (χ1v) is 6.32. The van der Waals surface area contributed by atoms with Crippen molar-refractivity contribution < 1.29 is 27.8 Å². The number of hydrogen-bond donors (Lipinski definition) is 2. The van der Waals surface area contributed by atoms with E-state index in [0.29, 0.717) is 13.0 Å². The molecule has 0 fully saturated rings. The van der Waals surface area contributed by atoms with Crippen LogP contribution >= 0.6 is 0 Å². The highest BCUT2D eigenvalue weighted by Gasteiger charge is 2.31. The topological polar surface area (TPSA) is 58.6 Å². The van der Waals surface area contributed by atoms with Gasteiger partial charge in [-0.2, -0.15) is 13.2 Å². The van der Waals surface area contributed by atoms with Gasteiger partial charge in [0.2, 0.25) is 0 Å². The Bertz CT molecular complexity index is 487. The standard InChI is InChI=1S/C14H18F3NO3/c1-13(20,6-7-21-2)9-18-12(19)10-4-3-5-11(8-10)14(15,16)17/h3-5,8,20H,6-7,9H2,1-2H3,(H,18,19). The Morgan fingerprint density at radius 1 is 1.38 bits per heavy atom. The summed E-state index contributed by atoms with van der Waals surface area (Å²) >= 11 is 0. The molecule has 0 saturated heterocycles. The van der Waals surface area contributed by atoms with Crippen LogP contribution in [0.5, 0.6) is 0 Å². The number of rotatable bonds is 6. The van der Waals surface area contributed by atoms with Gasteiger partial charge >= 0.3 is 6.18 Å². The van der Waals surface area contributed by atoms with Crippen LogP contribution in [0.2, 0.25) is 0 Å². The lowest BCUT2D eigenvalue weighted by atomic mass is 10.0. The average Bonchev–Trinajstić information content (AvgIpc) is 2.42. The summed E-state index contributed by atoms with van der Waals surface area (Å²) in [5, 5.41) is 12.4. The van der Waals surface area contributed by atoms with E-state index in [1.165, 1.54) is 26.2 Å². The van der Waals surface area contributed by atoms with Crippen molar-refractivity contribution in [2.75, 3.05) is 20.3 Å². The van der Waals surface area contributed by atoms with Gasteiger partial charge in [-0.3, -0.25) is 4.79 Å². The highest BCUT2D eigenvalue weighted by molar-refractivity contribution is 5.94. The summed E-state index contributed by atoms with van der Waals surface area (Å²) in [6.07, 6.45) is -4.20. The number of aliphatic hydroxyl groups is 1. The number of hydrogen-bond acceptors (Lipinski definition) is 3. The smallest absolute Gasteiger partial charge is 0.388 e. The van der Waals surface area contributed by atoms with Crippen LogP contribution in [-0.2, 0) is 10.9 Å². The molecule has 0 radical (unpaired) electrons. The van der Waals surface area contributed by atoms with Crippen LogP contribution in [0.3, 0.4) is 0 Å². The van der Waals surface area contributed by atoms with Gasteiger partial charge in [0.1, 0.15) is 0 Å². The van der Waals surface area contributed by atoms with Crippen molar-refractivity contribution in [3.8, 4) is 0 Å². The van der Waals surface area contributed by atoms with E-state index in [9.17, 15) is 23.1 Å². The number of nitrogens with one attached hydrogen (secondary N) is 1. The van der Waals surface area contributed by atoms with Gasteiger partial charge < -0.3 is 15.2 Å². The van der Waals surface area contributed by atoms with E-state index in [0.717, 1.165) is 12.1 Å². The van der Waals surface area contributed by atoms with Crippen molar-refractivity contribution >= 4 is 5.91 Å². The molecule has 1 aromatic rings. The molecule has 0 bridgehead atoms. The molecular weight excluding hydrogens is 287 g/mol. The van der Waals surface area contributed by atoms with Gasteiger partial charge in [0.25, 0.3) is 5.91 Å². The molecule has 4 nitrogen and oxygen atoms in total. The number of methoxy groups -OCH3 is 1. The fourth-order valence-corrected chi connectivity index (χ4v) is 1.62. The van der Waals surface area contributed by atoms with E-state index in [1.54, 1.807) is 0 Å². The Morgan fingerprint density at radius 2 is 2.05 bits per heavy atom. The molecule has 7 heteroatoms. The summed E-state index contributed by atoms with van der Waals surface area (Å²) in [7, 11) is 1.48.